The zero-order valence-electron chi connectivity index (χ0n) is 10.3. The summed E-state index contributed by atoms with van der Waals surface area (Å²) in [6.07, 6.45) is 1.50. The summed E-state index contributed by atoms with van der Waals surface area (Å²) in [6.45, 7) is 6.98. The summed E-state index contributed by atoms with van der Waals surface area (Å²) < 4.78 is 5.05. The second-order valence-electron chi connectivity index (χ2n) is 5.15. The summed E-state index contributed by atoms with van der Waals surface area (Å²) >= 11 is 0. The molecule has 1 aliphatic carbocycles. The lowest BCUT2D eigenvalue weighted by Gasteiger charge is -2.21. The molecule has 92 valence electrons. The molecule has 0 saturated heterocycles. The summed E-state index contributed by atoms with van der Waals surface area (Å²) in [6, 6.07) is -0.258. The average Bonchev–Trinajstić information content (AvgIpc) is 2.83. The van der Waals surface area contributed by atoms with Gasteiger partial charge >= 0.3 is 6.09 Å². The lowest BCUT2D eigenvalue weighted by Crippen LogP contribution is -2.47. The fourth-order valence-corrected chi connectivity index (χ4v) is 1.10. The van der Waals surface area contributed by atoms with Gasteiger partial charge in [0.15, 0.2) is 0 Å². The molecule has 0 radical (unpaired) electrons. The molecule has 0 unspecified atom stereocenters. The van der Waals surface area contributed by atoms with Gasteiger partial charge in [0.25, 0.3) is 0 Å². The maximum absolute atomic E-state index is 11.5. The van der Waals surface area contributed by atoms with Crippen molar-refractivity contribution in [3.63, 3.8) is 0 Å². The average molecular weight is 228 g/mol. The number of hydrogen-bond acceptors (Lipinski definition) is 3. The van der Waals surface area contributed by atoms with Crippen LogP contribution in [0, 0.1) is 0 Å². The van der Waals surface area contributed by atoms with Crippen LogP contribution in [0.4, 0.5) is 4.79 Å². The van der Waals surface area contributed by atoms with Crippen LogP contribution in [0.2, 0.25) is 0 Å². The van der Waals surface area contributed by atoms with E-state index in [1.165, 1.54) is 0 Å². The minimum atomic E-state index is -0.564. The maximum Gasteiger partial charge on any atom is 0.408 e. The SMILES string of the molecule is C[C@@H](NC(=O)OC(C)(C)C)C(=O)NC1CC1. The lowest BCUT2D eigenvalue weighted by molar-refractivity contribution is -0.122. The van der Waals surface area contributed by atoms with E-state index in [0.717, 1.165) is 12.8 Å². The van der Waals surface area contributed by atoms with E-state index >= 15 is 0 Å². The Morgan fingerprint density at radius 1 is 1.31 bits per heavy atom. The third-order valence-corrected chi connectivity index (χ3v) is 2.05. The molecule has 0 bridgehead atoms. The van der Waals surface area contributed by atoms with Crippen molar-refractivity contribution >= 4 is 12.0 Å². The van der Waals surface area contributed by atoms with Gasteiger partial charge in [-0.1, -0.05) is 0 Å². The van der Waals surface area contributed by atoms with Crippen molar-refractivity contribution in [3.8, 4) is 0 Å². The van der Waals surface area contributed by atoms with Crippen LogP contribution < -0.4 is 10.6 Å². The predicted octanol–water partition coefficient (Wildman–Crippen LogP) is 1.18. The second kappa shape index (κ2) is 4.72. The summed E-state index contributed by atoms with van der Waals surface area (Å²) in [5, 5.41) is 5.31. The highest BCUT2D eigenvalue weighted by Gasteiger charge is 2.27. The molecule has 2 N–H and O–H groups in total. The van der Waals surface area contributed by atoms with Crippen LogP contribution in [0.3, 0.4) is 0 Å². The molecule has 1 rings (SSSR count). The van der Waals surface area contributed by atoms with Gasteiger partial charge in [-0.15, -0.1) is 0 Å². The Labute approximate surface area is 95.9 Å². The van der Waals surface area contributed by atoms with Crippen LogP contribution >= 0.6 is 0 Å². The van der Waals surface area contributed by atoms with E-state index in [4.69, 9.17) is 4.74 Å². The van der Waals surface area contributed by atoms with Gasteiger partial charge in [-0.3, -0.25) is 4.79 Å². The highest BCUT2D eigenvalue weighted by Crippen LogP contribution is 2.18. The molecule has 0 aromatic carbocycles. The van der Waals surface area contributed by atoms with Crippen molar-refractivity contribution in [1.82, 2.24) is 10.6 Å². The molecule has 5 heteroatoms. The van der Waals surface area contributed by atoms with E-state index < -0.39 is 17.7 Å². The first kappa shape index (κ1) is 12.8. The van der Waals surface area contributed by atoms with Gasteiger partial charge in [-0.05, 0) is 40.5 Å². The Balaban J connectivity index is 2.29. The van der Waals surface area contributed by atoms with Crippen LogP contribution in [-0.2, 0) is 9.53 Å². The molecule has 0 aliphatic heterocycles. The topological polar surface area (TPSA) is 67.4 Å². The Bertz CT molecular complexity index is 279. The number of alkyl carbamates (subject to hydrolysis) is 1. The first-order chi connectivity index (χ1) is 7.28. The largest absolute Gasteiger partial charge is 0.444 e. The molecule has 0 aromatic rings. The van der Waals surface area contributed by atoms with Crippen molar-refractivity contribution in [2.75, 3.05) is 0 Å². The molecule has 5 nitrogen and oxygen atoms in total. The lowest BCUT2D eigenvalue weighted by atomic mass is 10.2. The number of amides is 2. The van der Waals surface area contributed by atoms with Crippen molar-refractivity contribution in [2.45, 2.75) is 58.2 Å². The van der Waals surface area contributed by atoms with Crippen LogP contribution in [0.25, 0.3) is 0 Å². The first-order valence-electron chi connectivity index (χ1n) is 5.58. The Hall–Kier alpha value is -1.26. The maximum atomic E-state index is 11.5. The summed E-state index contributed by atoms with van der Waals surface area (Å²) in [7, 11) is 0. The second-order valence-corrected chi connectivity index (χ2v) is 5.15. The molecule has 16 heavy (non-hydrogen) atoms. The molecule has 1 atom stereocenters. The van der Waals surface area contributed by atoms with E-state index in [-0.39, 0.29) is 5.91 Å². The van der Waals surface area contributed by atoms with E-state index in [1.807, 2.05) is 0 Å². The Morgan fingerprint density at radius 3 is 2.31 bits per heavy atom. The zero-order valence-corrected chi connectivity index (χ0v) is 10.3. The van der Waals surface area contributed by atoms with Crippen molar-refractivity contribution in [2.24, 2.45) is 0 Å². The fourth-order valence-electron chi connectivity index (χ4n) is 1.10. The van der Waals surface area contributed by atoms with E-state index in [2.05, 4.69) is 10.6 Å². The third kappa shape index (κ3) is 5.00. The molecule has 1 fully saturated rings. The third-order valence-electron chi connectivity index (χ3n) is 2.05. The first-order valence-corrected chi connectivity index (χ1v) is 5.58. The molecular weight excluding hydrogens is 208 g/mol. The minimum absolute atomic E-state index is 0.159. The molecule has 2 amide bonds. The smallest absolute Gasteiger partial charge is 0.408 e. The van der Waals surface area contributed by atoms with Crippen LogP contribution in [0.1, 0.15) is 40.5 Å². The van der Waals surface area contributed by atoms with E-state index in [9.17, 15) is 9.59 Å². The van der Waals surface area contributed by atoms with Crippen LogP contribution in [-0.4, -0.2) is 29.7 Å². The van der Waals surface area contributed by atoms with Gasteiger partial charge in [-0.25, -0.2) is 4.79 Å². The molecule has 0 aromatic heterocycles. The molecular formula is C11H20N2O3. The van der Waals surface area contributed by atoms with Gasteiger partial charge < -0.3 is 15.4 Å². The van der Waals surface area contributed by atoms with E-state index in [1.54, 1.807) is 27.7 Å². The number of ether oxygens (including phenoxy) is 1. The minimum Gasteiger partial charge on any atom is -0.444 e. The molecule has 0 spiro atoms. The molecule has 0 heterocycles. The normalized spacial score (nSPS) is 17.5. The van der Waals surface area contributed by atoms with E-state index in [0.29, 0.717) is 6.04 Å². The predicted molar refractivity (Wildman–Crippen MR) is 60.0 cm³/mol. The summed E-state index contributed by atoms with van der Waals surface area (Å²) in [5.74, 6) is -0.159. The van der Waals surface area contributed by atoms with Crippen LogP contribution in [0.5, 0.6) is 0 Å². The fraction of sp³-hybridized carbons (Fsp3) is 0.818. The van der Waals surface area contributed by atoms with Gasteiger partial charge in [0, 0.05) is 6.04 Å². The number of rotatable bonds is 3. The van der Waals surface area contributed by atoms with Gasteiger partial charge in [0.2, 0.25) is 5.91 Å². The quantitative estimate of drug-likeness (QED) is 0.762. The zero-order chi connectivity index (χ0) is 12.3. The highest BCUT2D eigenvalue weighted by molar-refractivity contribution is 5.85. The van der Waals surface area contributed by atoms with Crippen molar-refractivity contribution in [1.29, 1.82) is 0 Å². The standard InChI is InChI=1S/C11H20N2O3/c1-7(9(14)13-8-5-6-8)12-10(15)16-11(2,3)4/h7-8H,5-6H2,1-4H3,(H,12,15)(H,13,14)/t7-/m1/s1. The summed E-state index contributed by atoms with van der Waals surface area (Å²) in [5.41, 5.74) is -0.545. The summed E-state index contributed by atoms with van der Waals surface area (Å²) in [4.78, 5) is 22.9. The van der Waals surface area contributed by atoms with Gasteiger partial charge in [0.05, 0.1) is 0 Å². The van der Waals surface area contributed by atoms with Gasteiger partial charge in [0.1, 0.15) is 11.6 Å². The number of carbonyl (C=O) groups excluding carboxylic acids is 2. The molecule has 1 aliphatic rings. The number of nitrogens with one attached hydrogen (secondary N) is 2. The monoisotopic (exact) mass is 228 g/mol. The Kier molecular flexibility index (Phi) is 3.78. The van der Waals surface area contributed by atoms with Crippen molar-refractivity contribution in [3.05, 3.63) is 0 Å². The van der Waals surface area contributed by atoms with Crippen LogP contribution in [0.15, 0.2) is 0 Å². The van der Waals surface area contributed by atoms with Crippen molar-refractivity contribution < 1.29 is 14.3 Å². The Morgan fingerprint density at radius 2 is 1.88 bits per heavy atom. The number of hydrogen-bond donors (Lipinski definition) is 2. The van der Waals surface area contributed by atoms with Gasteiger partial charge in [-0.2, -0.15) is 0 Å². The highest BCUT2D eigenvalue weighted by atomic mass is 16.6. The number of carbonyl (C=O) groups is 2. The molecule has 1 saturated carbocycles.